The summed E-state index contributed by atoms with van der Waals surface area (Å²) in [5, 5.41) is 6.59. The molecule has 0 unspecified atom stereocenters. The lowest BCUT2D eigenvalue weighted by atomic mass is 9.96. The van der Waals surface area contributed by atoms with Gasteiger partial charge in [0, 0.05) is 9.27 Å². The van der Waals surface area contributed by atoms with Crippen LogP contribution in [0.4, 0.5) is 0 Å². The number of ether oxygens (including phenoxy) is 1. The maximum Gasteiger partial charge on any atom is 0.338 e. The van der Waals surface area contributed by atoms with Crippen LogP contribution in [-0.4, -0.2) is 17.7 Å². The molecule has 1 heterocycles. The molecule has 0 saturated carbocycles. The first-order valence-corrected chi connectivity index (χ1v) is 7.83. The highest BCUT2D eigenvalue weighted by Crippen LogP contribution is 2.28. The SMILES string of the molecule is C=CCOC(=O)C1=C(C)NC(=S)N[C@H]1c1ccc(I)cc1. The van der Waals surface area contributed by atoms with E-state index in [1.54, 1.807) is 6.08 Å². The van der Waals surface area contributed by atoms with Crippen LogP contribution in [0, 0.1) is 3.57 Å². The smallest absolute Gasteiger partial charge is 0.338 e. The van der Waals surface area contributed by atoms with Crippen LogP contribution < -0.4 is 10.6 Å². The number of carbonyl (C=O) groups excluding carboxylic acids is 1. The van der Waals surface area contributed by atoms with E-state index in [1.807, 2.05) is 31.2 Å². The van der Waals surface area contributed by atoms with E-state index in [2.05, 4.69) is 39.8 Å². The Hall–Kier alpha value is -1.41. The van der Waals surface area contributed by atoms with Crippen LogP contribution in [0.5, 0.6) is 0 Å². The standard InChI is InChI=1S/C15H15IN2O2S/c1-3-8-20-14(19)12-9(2)17-15(21)18-13(12)10-4-6-11(16)7-5-10/h3-7,13H,1,8H2,2H3,(H2,17,18,21)/t13-/m0/s1. The summed E-state index contributed by atoms with van der Waals surface area (Å²) in [6.45, 7) is 5.55. The highest BCUT2D eigenvalue weighted by molar-refractivity contribution is 14.1. The van der Waals surface area contributed by atoms with Crippen molar-refractivity contribution >= 4 is 45.9 Å². The van der Waals surface area contributed by atoms with Crippen molar-refractivity contribution in [2.45, 2.75) is 13.0 Å². The van der Waals surface area contributed by atoms with Crippen molar-refractivity contribution in [1.82, 2.24) is 10.6 Å². The van der Waals surface area contributed by atoms with Gasteiger partial charge in [0.25, 0.3) is 0 Å². The van der Waals surface area contributed by atoms with Gasteiger partial charge in [0.2, 0.25) is 0 Å². The van der Waals surface area contributed by atoms with Crippen molar-refractivity contribution in [3.8, 4) is 0 Å². The summed E-state index contributed by atoms with van der Waals surface area (Å²) in [5.74, 6) is -0.376. The number of rotatable bonds is 4. The van der Waals surface area contributed by atoms with Crippen LogP contribution in [0.2, 0.25) is 0 Å². The van der Waals surface area contributed by atoms with Crippen molar-refractivity contribution in [3.63, 3.8) is 0 Å². The van der Waals surface area contributed by atoms with Gasteiger partial charge in [-0.3, -0.25) is 0 Å². The first kappa shape index (κ1) is 16.0. The zero-order chi connectivity index (χ0) is 15.4. The summed E-state index contributed by atoms with van der Waals surface area (Å²) >= 11 is 7.43. The molecule has 1 atom stereocenters. The first-order valence-electron chi connectivity index (χ1n) is 6.34. The second-order valence-corrected chi connectivity index (χ2v) is 6.16. The van der Waals surface area contributed by atoms with Gasteiger partial charge in [-0.2, -0.15) is 0 Å². The van der Waals surface area contributed by atoms with Gasteiger partial charge in [0.15, 0.2) is 5.11 Å². The lowest BCUT2D eigenvalue weighted by molar-refractivity contribution is -0.138. The number of nitrogens with one attached hydrogen (secondary N) is 2. The predicted octanol–water partition coefficient (Wildman–Crippen LogP) is 2.81. The maximum absolute atomic E-state index is 12.3. The molecule has 0 radical (unpaired) electrons. The maximum atomic E-state index is 12.3. The normalized spacial score (nSPS) is 17.8. The Balaban J connectivity index is 2.37. The molecule has 0 bridgehead atoms. The number of hydrogen-bond acceptors (Lipinski definition) is 3. The second-order valence-electron chi connectivity index (χ2n) is 4.51. The zero-order valence-corrected chi connectivity index (χ0v) is 14.5. The van der Waals surface area contributed by atoms with Crippen LogP contribution >= 0.6 is 34.8 Å². The molecule has 0 fully saturated rings. The monoisotopic (exact) mass is 414 g/mol. The van der Waals surface area contributed by atoms with Crippen molar-refractivity contribution in [2.75, 3.05) is 6.61 Å². The van der Waals surface area contributed by atoms with Crippen molar-refractivity contribution in [1.29, 1.82) is 0 Å². The molecule has 0 saturated heterocycles. The highest BCUT2D eigenvalue weighted by atomic mass is 127. The third-order valence-corrected chi connectivity index (χ3v) is 3.96. The van der Waals surface area contributed by atoms with Gasteiger partial charge < -0.3 is 15.4 Å². The van der Waals surface area contributed by atoms with Gasteiger partial charge >= 0.3 is 5.97 Å². The molecular formula is C15H15IN2O2S. The molecule has 6 heteroatoms. The number of carbonyl (C=O) groups is 1. The van der Waals surface area contributed by atoms with Crippen LogP contribution in [0.1, 0.15) is 18.5 Å². The third kappa shape index (κ3) is 3.82. The van der Waals surface area contributed by atoms with E-state index in [4.69, 9.17) is 17.0 Å². The topological polar surface area (TPSA) is 50.4 Å². The molecule has 1 aliphatic rings. The average Bonchev–Trinajstić information content (AvgIpc) is 2.44. The van der Waals surface area contributed by atoms with Gasteiger partial charge in [-0.05, 0) is 59.4 Å². The van der Waals surface area contributed by atoms with Crippen LogP contribution in [0.25, 0.3) is 0 Å². The van der Waals surface area contributed by atoms with Crippen molar-refractivity contribution in [2.24, 2.45) is 0 Å². The minimum absolute atomic E-state index is 0.180. The Kier molecular flexibility index (Phi) is 5.35. The van der Waals surface area contributed by atoms with Crippen molar-refractivity contribution < 1.29 is 9.53 Å². The van der Waals surface area contributed by atoms with Gasteiger partial charge in [0.05, 0.1) is 11.6 Å². The first-order chi connectivity index (χ1) is 10.0. The minimum Gasteiger partial charge on any atom is -0.458 e. The molecule has 110 valence electrons. The predicted molar refractivity (Wildman–Crippen MR) is 94.6 cm³/mol. The fourth-order valence-corrected chi connectivity index (χ4v) is 2.71. The number of hydrogen-bond donors (Lipinski definition) is 2. The van der Waals surface area contributed by atoms with E-state index in [-0.39, 0.29) is 18.6 Å². The van der Waals surface area contributed by atoms with Crippen LogP contribution in [0.3, 0.4) is 0 Å². The van der Waals surface area contributed by atoms with Gasteiger partial charge in [0.1, 0.15) is 6.61 Å². The van der Waals surface area contributed by atoms with E-state index in [9.17, 15) is 4.79 Å². The molecule has 2 N–H and O–H groups in total. The number of thiocarbonyl (C=S) groups is 1. The molecule has 1 aromatic rings. The Morgan fingerprint density at radius 2 is 2.14 bits per heavy atom. The van der Waals surface area contributed by atoms with Gasteiger partial charge in [-0.15, -0.1) is 0 Å². The second kappa shape index (κ2) is 7.04. The van der Waals surface area contributed by atoms with Gasteiger partial charge in [-0.25, -0.2) is 4.79 Å². The largest absolute Gasteiger partial charge is 0.458 e. The highest BCUT2D eigenvalue weighted by Gasteiger charge is 2.30. The summed E-state index contributed by atoms with van der Waals surface area (Å²) in [7, 11) is 0. The van der Waals surface area contributed by atoms with E-state index in [1.165, 1.54) is 0 Å². The Bertz CT molecular complexity index is 611. The van der Waals surface area contributed by atoms with E-state index in [0.717, 1.165) is 9.13 Å². The summed E-state index contributed by atoms with van der Waals surface area (Å²) in [6.07, 6.45) is 1.54. The fourth-order valence-electron chi connectivity index (χ4n) is 2.08. The van der Waals surface area contributed by atoms with Gasteiger partial charge in [-0.1, -0.05) is 24.8 Å². The third-order valence-electron chi connectivity index (χ3n) is 3.02. The molecule has 0 aliphatic carbocycles. The molecule has 0 aromatic heterocycles. The number of benzene rings is 1. The van der Waals surface area contributed by atoms with E-state index in [0.29, 0.717) is 16.4 Å². The van der Waals surface area contributed by atoms with Crippen molar-refractivity contribution in [3.05, 3.63) is 57.3 Å². The molecular weight excluding hydrogens is 399 g/mol. The summed E-state index contributed by atoms with van der Waals surface area (Å²) in [5.41, 5.74) is 2.20. The van der Waals surface area contributed by atoms with E-state index >= 15 is 0 Å². The lowest BCUT2D eigenvalue weighted by Crippen LogP contribution is -2.45. The number of esters is 1. The Labute approximate surface area is 142 Å². The average molecular weight is 414 g/mol. The number of allylic oxidation sites excluding steroid dienone is 1. The summed E-state index contributed by atoms with van der Waals surface area (Å²) in [4.78, 5) is 12.3. The number of halogens is 1. The Morgan fingerprint density at radius 3 is 2.76 bits per heavy atom. The van der Waals surface area contributed by atoms with Crippen LogP contribution in [0.15, 0.2) is 48.2 Å². The quantitative estimate of drug-likeness (QED) is 0.344. The van der Waals surface area contributed by atoms with Crippen LogP contribution in [-0.2, 0) is 9.53 Å². The molecule has 1 aromatic carbocycles. The molecule has 0 amide bonds. The zero-order valence-electron chi connectivity index (χ0n) is 11.5. The summed E-state index contributed by atoms with van der Waals surface area (Å²) in [6, 6.07) is 7.62. The molecule has 2 rings (SSSR count). The molecule has 0 spiro atoms. The minimum atomic E-state index is -0.376. The Morgan fingerprint density at radius 1 is 1.48 bits per heavy atom. The van der Waals surface area contributed by atoms with E-state index < -0.39 is 0 Å². The molecule has 4 nitrogen and oxygen atoms in total. The fraction of sp³-hybridized carbons (Fsp3) is 0.200. The summed E-state index contributed by atoms with van der Waals surface area (Å²) < 4.78 is 6.30. The molecule has 1 aliphatic heterocycles. The lowest BCUT2D eigenvalue weighted by Gasteiger charge is -2.29. The molecule has 21 heavy (non-hydrogen) atoms.